The molecule has 0 saturated carbocycles. The molecule has 0 unspecified atom stereocenters. The molecule has 0 fully saturated rings. The number of hydrogen-bond donors (Lipinski definition) is 1. The van der Waals surface area contributed by atoms with E-state index in [2.05, 4.69) is 10.5 Å². The van der Waals surface area contributed by atoms with Crippen LogP contribution in [0, 0.1) is 10.1 Å². The van der Waals surface area contributed by atoms with Gasteiger partial charge in [0.05, 0.1) is 22.5 Å². The van der Waals surface area contributed by atoms with Crippen LogP contribution in [-0.4, -0.2) is 15.7 Å². The number of benzene rings is 2. The van der Waals surface area contributed by atoms with Crippen LogP contribution >= 0.6 is 23.2 Å². The van der Waals surface area contributed by atoms with Crippen molar-refractivity contribution in [3.63, 3.8) is 0 Å². The summed E-state index contributed by atoms with van der Waals surface area (Å²) in [6.07, 6.45) is 3.51. The Morgan fingerprint density at radius 2 is 1.76 bits per heavy atom. The highest BCUT2D eigenvalue weighted by Gasteiger charge is 2.05. The van der Waals surface area contributed by atoms with E-state index < -0.39 is 4.92 Å². The Kier molecular flexibility index (Phi) is 5.02. The van der Waals surface area contributed by atoms with Crippen molar-refractivity contribution < 1.29 is 4.92 Å². The Hall–Kier alpha value is -2.83. The van der Waals surface area contributed by atoms with Gasteiger partial charge in [0.2, 0.25) is 0 Å². The summed E-state index contributed by atoms with van der Waals surface area (Å²) in [7, 11) is 0. The molecule has 0 aliphatic rings. The van der Waals surface area contributed by atoms with Gasteiger partial charge in [0.1, 0.15) is 0 Å². The minimum atomic E-state index is -0.448. The minimum absolute atomic E-state index is 0.0289. The number of nitro benzene ring substituents is 1. The number of rotatable bonds is 5. The number of hydrazone groups is 1. The van der Waals surface area contributed by atoms with Gasteiger partial charge in [0, 0.05) is 34.1 Å². The maximum absolute atomic E-state index is 10.6. The Bertz CT molecular complexity index is 916. The quantitative estimate of drug-likeness (QED) is 0.381. The molecule has 1 aromatic heterocycles. The molecule has 6 nitrogen and oxygen atoms in total. The molecule has 0 spiro atoms. The molecular formula is C17H12Cl2N4O2. The summed E-state index contributed by atoms with van der Waals surface area (Å²) in [6, 6.07) is 15.0. The number of nitrogens with zero attached hydrogens (tertiary/aromatic N) is 3. The summed E-state index contributed by atoms with van der Waals surface area (Å²) >= 11 is 12.1. The number of hydrogen-bond acceptors (Lipinski definition) is 4. The van der Waals surface area contributed by atoms with Gasteiger partial charge in [-0.2, -0.15) is 5.10 Å². The monoisotopic (exact) mass is 374 g/mol. The van der Waals surface area contributed by atoms with Gasteiger partial charge in [0.25, 0.3) is 5.69 Å². The van der Waals surface area contributed by atoms with Gasteiger partial charge < -0.3 is 4.57 Å². The normalized spacial score (nSPS) is 11.0. The molecule has 0 radical (unpaired) electrons. The Morgan fingerprint density at radius 1 is 1.08 bits per heavy atom. The highest BCUT2D eigenvalue weighted by Crippen LogP contribution is 2.23. The van der Waals surface area contributed by atoms with Crippen molar-refractivity contribution in [2.45, 2.75) is 0 Å². The number of halogens is 2. The van der Waals surface area contributed by atoms with E-state index >= 15 is 0 Å². The molecule has 8 heteroatoms. The van der Waals surface area contributed by atoms with Crippen LogP contribution in [-0.2, 0) is 0 Å². The summed E-state index contributed by atoms with van der Waals surface area (Å²) in [5.74, 6) is 0. The third-order valence-electron chi connectivity index (χ3n) is 3.37. The van der Waals surface area contributed by atoms with Crippen molar-refractivity contribution in [1.82, 2.24) is 4.57 Å². The number of nitrogens with one attached hydrogen (secondary N) is 1. The first-order valence-electron chi connectivity index (χ1n) is 7.20. The fraction of sp³-hybridized carbons (Fsp3) is 0. The highest BCUT2D eigenvalue weighted by atomic mass is 35.5. The standard InChI is InChI=1S/C17H12Cl2N4O2/c18-12-8-13(19)10-17(9-12)22-7-1-2-16(22)11-20-21-14-3-5-15(6-4-14)23(24)25/h1-11,21H/b20-11+. The topological polar surface area (TPSA) is 72.5 Å². The van der Waals surface area contributed by atoms with Crippen LogP contribution < -0.4 is 5.43 Å². The number of aromatic nitrogens is 1. The maximum Gasteiger partial charge on any atom is 0.269 e. The van der Waals surface area contributed by atoms with Crippen LogP contribution in [0.25, 0.3) is 5.69 Å². The smallest absolute Gasteiger partial charge is 0.269 e. The molecular weight excluding hydrogens is 363 g/mol. The average Bonchev–Trinajstić information content (AvgIpc) is 3.03. The lowest BCUT2D eigenvalue weighted by atomic mass is 10.3. The van der Waals surface area contributed by atoms with Crippen molar-refractivity contribution in [2.75, 3.05) is 5.43 Å². The fourth-order valence-corrected chi connectivity index (χ4v) is 2.76. The molecule has 3 rings (SSSR count). The van der Waals surface area contributed by atoms with E-state index in [1.807, 2.05) is 22.9 Å². The zero-order valence-electron chi connectivity index (χ0n) is 12.8. The minimum Gasteiger partial charge on any atom is -0.315 e. The molecule has 0 saturated heterocycles. The van der Waals surface area contributed by atoms with Crippen LogP contribution in [0.5, 0.6) is 0 Å². The Balaban J connectivity index is 1.76. The van der Waals surface area contributed by atoms with Gasteiger partial charge in [0.15, 0.2) is 0 Å². The predicted molar refractivity (Wildman–Crippen MR) is 100 cm³/mol. The molecule has 1 N–H and O–H groups in total. The van der Waals surface area contributed by atoms with Crippen LogP contribution in [0.15, 0.2) is 65.9 Å². The summed E-state index contributed by atoms with van der Waals surface area (Å²) in [5, 5.41) is 15.9. The van der Waals surface area contributed by atoms with Crippen LogP contribution in [0.4, 0.5) is 11.4 Å². The summed E-state index contributed by atoms with van der Waals surface area (Å²) in [5.41, 5.74) is 5.14. The summed E-state index contributed by atoms with van der Waals surface area (Å²) in [6.45, 7) is 0. The van der Waals surface area contributed by atoms with E-state index in [4.69, 9.17) is 23.2 Å². The van der Waals surface area contributed by atoms with E-state index in [0.717, 1.165) is 11.4 Å². The van der Waals surface area contributed by atoms with Gasteiger partial charge in [-0.3, -0.25) is 15.5 Å². The molecule has 3 aromatic rings. The number of nitro groups is 1. The SMILES string of the molecule is O=[N+]([O-])c1ccc(N/N=C/c2cccn2-c2cc(Cl)cc(Cl)c2)cc1. The second-order valence-electron chi connectivity index (χ2n) is 5.10. The molecule has 2 aromatic carbocycles. The lowest BCUT2D eigenvalue weighted by molar-refractivity contribution is -0.384. The zero-order valence-corrected chi connectivity index (χ0v) is 14.3. The predicted octanol–water partition coefficient (Wildman–Crippen LogP) is 5.14. The van der Waals surface area contributed by atoms with Gasteiger partial charge in [-0.05, 0) is 42.5 Å². The van der Waals surface area contributed by atoms with E-state index in [1.165, 1.54) is 12.1 Å². The molecule has 1 heterocycles. The zero-order chi connectivity index (χ0) is 17.8. The third-order valence-corrected chi connectivity index (χ3v) is 3.81. The van der Waals surface area contributed by atoms with E-state index in [0.29, 0.717) is 15.7 Å². The Morgan fingerprint density at radius 3 is 2.40 bits per heavy atom. The van der Waals surface area contributed by atoms with Crippen LogP contribution in [0.1, 0.15) is 5.69 Å². The summed E-state index contributed by atoms with van der Waals surface area (Å²) < 4.78 is 1.89. The van der Waals surface area contributed by atoms with Crippen molar-refractivity contribution >= 4 is 40.8 Å². The lowest BCUT2D eigenvalue weighted by Crippen LogP contribution is -1.99. The van der Waals surface area contributed by atoms with Gasteiger partial charge in [-0.15, -0.1) is 0 Å². The van der Waals surface area contributed by atoms with E-state index in [9.17, 15) is 10.1 Å². The average molecular weight is 375 g/mol. The van der Waals surface area contributed by atoms with E-state index in [1.54, 1.807) is 36.5 Å². The summed E-state index contributed by atoms with van der Waals surface area (Å²) in [4.78, 5) is 10.2. The van der Waals surface area contributed by atoms with Gasteiger partial charge in [-0.25, -0.2) is 0 Å². The maximum atomic E-state index is 10.6. The first-order chi connectivity index (χ1) is 12.0. The first kappa shape index (κ1) is 17.0. The molecule has 0 aliphatic carbocycles. The third kappa shape index (κ3) is 4.17. The van der Waals surface area contributed by atoms with Gasteiger partial charge in [-0.1, -0.05) is 23.2 Å². The molecule has 0 amide bonds. The highest BCUT2D eigenvalue weighted by molar-refractivity contribution is 6.34. The molecule has 0 atom stereocenters. The molecule has 0 bridgehead atoms. The van der Waals surface area contributed by atoms with Gasteiger partial charge >= 0.3 is 0 Å². The number of non-ortho nitro benzene ring substituents is 1. The van der Waals surface area contributed by atoms with Crippen molar-refractivity contribution in [3.8, 4) is 5.69 Å². The second kappa shape index (κ2) is 7.38. The molecule has 0 aliphatic heterocycles. The number of anilines is 1. The van der Waals surface area contributed by atoms with Crippen LogP contribution in [0.3, 0.4) is 0 Å². The van der Waals surface area contributed by atoms with Crippen molar-refractivity contribution in [2.24, 2.45) is 5.10 Å². The lowest BCUT2D eigenvalue weighted by Gasteiger charge is -2.07. The first-order valence-corrected chi connectivity index (χ1v) is 7.96. The molecule has 126 valence electrons. The fourth-order valence-electron chi connectivity index (χ4n) is 2.24. The molecule has 25 heavy (non-hydrogen) atoms. The van der Waals surface area contributed by atoms with Crippen LogP contribution in [0.2, 0.25) is 10.0 Å². The second-order valence-corrected chi connectivity index (χ2v) is 5.98. The Labute approximate surface area is 153 Å². The van der Waals surface area contributed by atoms with E-state index in [-0.39, 0.29) is 5.69 Å². The van der Waals surface area contributed by atoms with Crippen molar-refractivity contribution in [1.29, 1.82) is 0 Å². The largest absolute Gasteiger partial charge is 0.315 e. The van der Waals surface area contributed by atoms with Crippen molar-refractivity contribution in [3.05, 3.63) is 86.6 Å².